The van der Waals surface area contributed by atoms with Crippen molar-refractivity contribution in [2.24, 2.45) is 5.16 Å². The fraction of sp³-hybridized carbons (Fsp3) is 0.385. The van der Waals surface area contributed by atoms with Gasteiger partial charge in [-0.25, -0.2) is 4.79 Å². The summed E-state index contributed by atoms with van der Waals surface area (Å²) in [4.78, 5) is 16.3. The molecule has 1 aromatic carbocycles. The lowest BCUT2D eigenvalue weighted by molar-refractivity contribution is 0.165. The molecule has 0 aliphatic heterocycles. The summed E-state index contributed by atoms with van der Waals surface area (Å²) in [6, 6.07) is 6.81. The first kappa shape index (κ1) is 12.9. The van der Waals surface area contributed by atoms with Crippen molar-refractivity contribution in [2.45, 2.75) is 32.1 Å². The van der Waals surface area contributed by atoms with E-state index in [-0.39, 0.29) is 0 Å². The highest BCUT2D eigenvalue weighted by atomic mass is 35.5. The number of oxime groups is 1. The molecule has 0 spiro atoms. The molecule has 0 bridgehead atoms. The normalized spacial score (nSPS) is 15.1. The number of benzene rings is 1. The van der Waals surface area contributed by atoms with Gasteiger partial charge in [-0.15, -0.1) is 0 Å². The summed E-state index contributed by atoms with van der Waals surface area (Å²) >= 11 is 5.75. The van der Waals surface area contributed by atoms with Crippen LogP contribution < -0.4 is 5.32 Å². The zero-order valence-electron chi connectivity index (χ0n) is 9.99. The Bertz CT molecular complexity index is 435. The lowest BCUT2D eigenvalue weighted by atomic mass is 9.99. The van der Waals surface area contributed by atoms with E-state index in [0.29, 0.717) is 10.7 Å². The molecule has 18 heavy (non-hydrogen) atoms. The number of carbonyl (C=O) groups is 1. The van der Waals surface area contributed by atoms with Crippen LogP contribution in [0.2, 0.25) is 5.02 Å². The molecule has 5 heteroatoms. The smallest absolute Gasteiger partial charge is 0.298 e. The van der Waals surface area contributed by atoms with Gasteiger partial charge in [-0.1, -0.05) is 23.2 Å². The summed E-state index contributed by atoms with van der Waals surface area (Å²) in [5.41, 5.74) is 1.60. The Labute approximate surface area is 111 Å². The zero-order chi connectivity index (χ0) is 12.8. The highest BCUT2D eigenvalue weighted by Gasteiger charge is 2.09. The molecule has 0 unspecified atom stereocenters. The number of nitrogens with zero attached hydrogens (tertiary/aromatic N) is 1. The van der Waals surface area contributed by atoms with Gasteiger partial charge in [0.25, 0.3) is 0 Å². The van der Waals surface area contributed by atoms with Gasteiger partial charge in [0.15, 0.2) is 0 Å². The van der Waals surface area contributed by atoms with Crippen LogP contribution in [0.4, 0.5) is 10.5 Å². The topological polar surface area (TPSA) is 50.7 Å². The van der Waals surface area contributed by atoms with Crippen molar-refractivity contribution in [3.05, 3.63) is 29.3 Å². The monoisotopic (exact) mass is 266 g/mol. The fourth-order valence-corrected chi connectivity index (χ4v) is 1.96. The van der Waals surface area contributed by atoms with Crippen molar-refractivity contribution in [1.29, 1.82) is 0 Å². The average molecular weight is 267 g/mol. The first-order valence-electron chi connectivity index (χ1n) is 6.03. The Morgan fingerprint density at radius 1 is 1.17 bits per heavy atom. The van der Waals surface area contributed by atoms with E-state index >= 15 is 0 Å². The van der Waals surface area contributed by atoms with Gasteiger partial charge in [-0.05, 0) is 49.9 Å². The van der Waals surface area contributed by atoms with Crippen LogP contribution in [0.15, 0.2) is 29.4 Å². The van der Waals surface area contributed by atoms with E-state index in [9.17, 15) is 4.79 Å². The molecule has 0 aromatic heterocycles. The first-order chi connectivity index (χ1) is 8.74. The minimum Gasteiger partial charge on any atom is -0.298 e. The van der Waals surface area contributed by atoms with E-state index in [0.717, 1.165) is 31.4 Å². The minimum absolute atomic E-state index is 0.574. The van der Waals surface area contributed by atoms with Crippen LogP contribution in [0.1, 0.15) is 32.1 Å². The minimum atomic E-state index is -0.574. The Balaban J connectivity index is 1.83. The third kappa shape index (κ3) is 4.04. The van der Waals surface area contributed by atoms with Gasteiger partial charge in [0.1, 0.15) is 0 Å². The summed E-state index contributed by atoms with van der Waals surface area (Å²) < 4.78 is 0. The number of hydrogen-bond acceptors (Lipinski definition) is 3. The van der Waals surface area contributed by atoms with Gasteiger partial charge >= 0.3 is 6.09 Å². The van der Waals surface area contributed by atoms with Crippen molar-refractivity contribution in [3.8, 4) is 0 Å². The molecule has 0 radical (unpaired) electrons. The van der Waals surface area contributed by atoms with Crippen LogP contribution in [0.3, 0.4) is 0 Å². The molecular formula is C13H15ClN2O2. The Hall–Kier alpha value is -1.55. The molecule has 2 rings (SSSR count). The standard InChI is InChI=1S/C13H15ClN2O2/c14-10-6-8-11(9-7-10)15-13(17)18-16-12-4-2-1-3-5-12/h6-9H,1-5H2,(H,15,17). The molecule has 0 saturated heterocycles. The van der Waals surface area contributed by atoms with E-state index in [4.69, 9.17) is 16.4 Å². The van der Waals surface area contributed by atoms with Crippen molar-refractivity contribution >= 4 is 29.1 Å². The van der Waals surface area contributed by atoms with Gasteiger partial charge in [0, 0.05) is 10.7 Å². The highest BCUT2D eigenvalue weighted by Crippen LogP contribution is 2.16. The second-order valence-electron chi connectivity index (χ2n) is 4.23. The molecule has 1 N–H and O–H groups in total. The number of carbonyl (C=O) groups excluding carboxylic acids is 1. The van der Waals surface area contributed by atoms with Gasteiger partial charge in [0.2, 0.25) is 0 Å². The number of rotatable bonds is 2. The van der Waals surface area contributed by atoms with Crippen molar-refractivity contribution in [3.63, 3.8) is 0 Å². The maximum atomic E-state index is 11.5. The molecule has 0 atom stereocenters. The molecule has 1 aliphatic carbocycles. The Morgan fingerprint density at radius 3 is 2.50 bits per heavy atom. The van der Waals surface area contributed by atoms with Gasteiger partial charge < -0.3 is 0 Å². The van der Waals surface area contributed by atoms with E-state index in [1.165, 1.54) is 6.42 Å². The molecule has 1 aromatic rings. The van der Waals surface area contributed by atoms with Crippen molar-refractivity contribution in [2.75, 3.05) is 5.32 Å². The quantitative estimate of drug-likeness (QED) is 0.644. The summed E-state index contributed by atoms with van der Waals surface area (Å²) in [5.74, 6) is 0. The van der Waals surface area contributed by atoms with Crippen LogP contribution >= 0.6 is 11.6 Å². The number of amides is 1. The van der Waals surface area contributed by atoms with Crippen LogP contribution in [-0.2, 0) is 4.84 Å². The third-order valence-corrected chi connectivity index (χ3v) is 3.03. The third-order valence-electron chi connectivity index (χ3n) is 2.78. The summed E-state index contributed by atoms with van der Waals surface area (Å²) in [6.07, 6.45) is 4.76. The van der Waals surface area contributed by atoms with Gasteiger partial charge in [0.05, 0.1) is 5.71 Å². The molecular weight excluding hydrogens is 252 g/mol. The molecule has 4 nitrogen and oxygen atoms in total. The van der Waals surface area contributed by atoms with Crippen LogP contribution in [-0.4, -0.2) is 11.8 Å². The van der Waals surface area contributed by atoms with E-state index < -0.39 is 6.09 Å². The first-order valence-corrected chi connectivity index (χ1v) is 6.41. The molecule has 1 amide bonds. The van der Waals surface area contributed by atoms with Gasteiger partial charge in [-0.3, -0.25) is 10.2 Å². The Kier molecular flexibility index (Phi) is 4.59. The lowest BCUT2D eigenvalue weighted by Gasteiger charge is -2.11. The molecule has 1 fully saturated rings. The predicted octanol–water partition coefficient (Wildman–Crippen LogP) is 4.21. The highest BCUT2D eigenvalue weighted by molar-refractivity contribution is 6.30. The number of hydrogen-bond donors (Lipinski definition) is 1. The van der Waals surface area contributed by atoms with Crippen molar-refractivity contribution in [1.82, 2.24) is 0 Å². The Morgan fingerprint density at radius 2 is 1.83 bits per heavy atom. The summed E-state index contributed by atoms with van der Waals surface area (Å²) in [6.45, 7) is 0. The van der Waals surface area contributed by atoms with Crippen LogP contribution in [0.25, 0.3) is 0 Å². The predicted molar refractivity (Wildman–Crippen MR) is 72.1 cm³/mol. The summed E-state index contributed by atoms with van der Waals surface area (Å²) in [5, 5.41) is 7.08. The maximum Gasteiger partial charge on any atom is 0.437 e. The fourth-order valence-electron chi connectivity index (χ4n) is 1.83. The number of nitrogens with one attached hydrogen (secondary N) is 1. The summed E-state index contributed by atoms with van der Waals surface area (Å²) in [7, 11) is 0. The lowest BCUT2D eigenvalue weighted by Crippen LogP contribution is -2.13. The van der Waals surface area contributed by atoms with Gasteiger partial charge in [-0.2, -0.15) is 0 Å². The van der Waals surface area contributed by atoms with Crippen LogP contribution in [0, 0.1) is 0 Å². The van der Waals surface area contributed by atoms with E-state index in [2.05, 4.69) is 10.5 Å². The van der Waals surface area contributed by atoms with E-state index in [1.54, 1.807) is 24.3 Å². The van der Waals surface area contributed by atoms with E-state index in [1.807, 2.05) is 0 Å². The largest absolute Gasteiger partial charge is 0.437 e. The van der Waals surface area contributed by atoms with Crippen molar-refractivity contribution < 1.29 is 9.63 Å². The second-order valence-corrected chi connectivity index (χ2v) is 4.67. The molecule has 1 aliphatic rings. The molecule has 96 valence electrons. The maximum absolute atomic E-state index is 11.5. The zero-order valence-corrected chi connectivity index (χ0v) is 10.7. The number of halogens is 1. The average Bonchev–Trinajstić information content (AvgIpc) is 2.40. The molecule has 1 saturated carbocycles. The van der Waals surface area contributed by atoms with Crippen LogP contribution in [0.5, 0.6) is 0 Å². The SMILES string of the molecule is O=C(Nc1ccc(Cl)cc1)ON=C1CCCCC1. The molecule has 0 heterocycles. The second kappa shape index (κ2) is 6.40. The number of anilines is 1.